The molecule has 2 aromatic carbocycles. The third-order valence-corrected chi connectivity index (χ3v) is 8.12. The molecular formula is C31H40F2N6O3. The van der Waals surface area contributed by atoms with Gasteiger partial charge in [-0.05, 0) is 69.3 Å². The minimum Gasteiger partial charge on any atom is -0.495 e. The van der Waals surface area contributed by atoms with E-state index in [1.165, 1.54) is 33.1 Å². The van der Waals surface area contributed by atoms with Gasteiger partial charge >= 0.3 is 0 Å². The lowest BCUT2D eigenvalue weighted by atomic mass is 10.00. The molecule has 2 fully saturated rings. The van der Waals surface area contributed by atoms with Crippen molar-refractivity contribution in [1.29, 1.82) is 0 Å². The lowest BCUT2D eigenvalue weighted by Crippen LogP contribution is -2.49. The fourth-order valence-electron chi connectivity index (χ4n) is 5.73. The summed E-state index contributed by atoms with van der Waals surface area (Å²) in [4.78, 5) is 11.2. The van der Waals surface area contributed by atoms with Crippen molar-refractivity contribution in [3.8, 4) is 17.2 Å². The number of aryl methyl sites for hydroxylation is 1. The summed E-state index contributed by atoms with van der Waals surface area (Å²) in [6, 6.07) is 8.41. The molecule has 0 bridgehead atoms. The van der Waals surface area contributed by atoms with E-state index in [0.29, 0.717) is 24.5 Å². The van der Waals surface area contributed by atoms with Gasteiger partial charge in [-0.25, -0.2) is 18.7 Å². The van der Waals surface area contributed by atoms with Gasteiger partial charge in [-0.1, -0.05) is 0 Å². The highest BCUT2D eigenvalue weighted by Gasteiger charge is 2.24. The number of hydrogen-bond acceptors (Lipinski definition) is 9. The summed E-state index contributed by atoms with van der Waals surface area (Å²) in [5, 5.41) is 10.5. The Morgan fingerprint density at radius 2 is 1.45 bits per heavy atom. The van der Waals surface area contributed by atoms with Crippen molar-refractivity contribution < 1.29 is 23.0 Å². The highest BCUT2D eigenvalue weighted by Crippen LogP contribution is 2.34. The molecule has 2 saturated heterocycles. The van der Waals surface area contributed by atoms with Gasteiger partial charge < -0.3 is 35.1 Å². The Kier molecular flexibility index (Phi) is 9.91. The first-order valence-corrected chi connectivity index (χ1v) is 14.6. The number of ether oxygens (including phenoxy) is 3. The third kappa shape index (κ3) is 7.01. The molecule has 5 rings (SSSR count). The van der Waals surface area contributed by atoms with Crippen molar-refractivity contribution >= 4 is 17.3 Å². The second kappa shape index (κ2) is 14.0. The first-order valence-electron chi connectivity index (χ1n) is 14.6. The van der Waals surface area contributed by atoms with Gasteiger partial charge in [0.1, 0.15) is 5.75 Å². The smallest absolute Gasteiger partial charge is 0.227 e. The Balaban J connectivity index is 1.17. The molecule has 3 heterocycles. The van der Waals surface area contributed by atoms with Crippen LogP contribution in [0.4, 0.5) is 26.1 Å². The van der Waals surface area contributed by atoms with Crippen molar-refractivity contribution in [3.63, 3.8) is 0 Å². The van der Waals surface area contributed by atoms with E-state index in [1.807, 2.05) is 12.1 Å². The molecule has 0 radical (unpaired) electrons. The van der Waals surface area contributed by atoms with Crippen LogP contribution < -0.4 is 35.1 Å². The molecule has 11 heteroatoms. The maximum Gasteiger partial charge on any atom is 0.227 e. The van der Waals surface area contributed by atoms with E-state index in [9.17, 15) is 8.78 Å². The van der Waals surface area contributed by atoms with Gasteiger partial charge in [-0.15, -0.1) is 0 Å². The zero-order valence-electron chi connectivity index (χ0n) is 24.5. The molecule has 3 aromatic rings. The number of nitrogens with one attached hydrogen (secondary N) is 3. The molecular weight excluding hydrogens is 542 g/mol. The van der Waals surface area contributed by atoms with Crippen LogP contribution in [0.3, 0.4) is 0 Å². The lowest BCUT2D eigenvalue weighted by molar-refractivity contribution is 0.315. The van der Waals surface area contributed by atoms with Gasteiger partial charge in [0.2, 0.25) is 5.95 Å². The zero-order valence-corrected chi connectivity index (χ0v) is 24.5. The highest BCUT2D eigenvalue weighted by atomic mass is 19.1. The van der Waals surface area contributed by atoms with E-state index < -0.39 is 11.6 Å². The molecule has 0 unspecified atom stereocenters. The Hall–Kier alpha value is -3.70. The van der Waals surface area contributed by atoms with Crippen molar-refractivity contribution in [2.24, 2.45) is 0 Å². The van der Waals surface area contributed by atoms with Crippen LogP contribution in [0.15, 0.2) is 36.7 Å². The second-order valence-corrected chi connectivity index (χ2v) is 10.8. The number of nitrogens with zero attached hydrogens (tertiary/aromatic N) is 3. The third-order valence-electron chi connectivity index (χ3n) is 8.12. The van der Waals surface area contributed by atoms with Crippen LogP contribution >= 0.6 is 0 Å². The Labute approximate surface area is 246 Å². The molecule has 0 aliphatic carbocycles. The summed E-state index contributed by atoms with van der Waals surface area (Å²) >= 11 is 0. The van der Waals surface area contributed by atoms with Gasteiger partial charge in [-0.2, -0.15) is 0 Å². The van der Waals surface area contributed by atoms with Gasteiger partial charge in [0.25, 0.3) is 0 Å². The molecule has 0 saturated carbocycles. The number of aromatic nitrogens is 2. The largest absolute Gasteiger partial charge is 0.495 e. The molecule has 9 nitrogen and oxygen atoms in total. The fourth-order valence-corrected chi connectivity index (χ4v) is 5.73. The SMILES string of the molecule is COc1cc(Nc2ncc(CCc3c(F)c(OC)cc(OC)c3F)cn2)ccc1N1CCC(NC2CCNCC2)CC1. The number of anilines is 3. The predicted octanol–water partition coefficient (Wildman–Crippen LogP) is 4.62. The molecule has 0 amide bonds. The molecule has 1 aromatic heterocycles. The van der Waals surface area contributed by atoms with Crippen LogP contribution in [0.5, 0.6) is 17.2 Å². The predicted molar refractivity (Wildman–Crippen MR) is 159 cm³/mol. The molecule has 3 N–H and O–H groups in total. The normalized spacial score (nSPS) is 16.4. The average molecular weight is 583 g/mol. The maximum atomic E-state index is 14.7. The van der Waals surface area contributed by atoms with Crippen LogP contribution in [0, 0.1) is 11.6 Å². The number of rotatable bonds is 11. The molecule has 0 spiro atoms. The number of piperidine rings is 2. The lowest BCUT2D eigenvalue weighted by Gasteiger charge is -2.37. The maximum absolute atomic E-state index is 14.7. The van der Waals surface area contributed by atoms with E-state index in [4.69, 9.17) is 14.2 Å². The Bertz CT molecular complexity index is 1300. The monoisotopic (exact) mass is 582 g/mol. The molecule has 0 atom stereocenters. The summed E-state index contributed by atoms with van der Waals surface area (Å²) in [5.41, 5.74) is 2.53. The number of halogens is 2. The summed E-state index contributed by atoms with van der Waals surface area (Å²) in [5.74, 6) is -0.376. The van der Waals surface area contributed by atoms with E-state index in [0.717, 1.165) is 61.7 Å². The minimum absolute atomic E-state index is 0.0606. The van der Waals surface area contributed by atoms with Crippen LogP contribution in [0.2, 0.25) is 0 Å². The standard InChI is InChI=1S/C31H40F2N6O3/c1-40-26-16-23(5-7-25(26)39-14-10-22(11-15-39)37-21-8-12-34-13-9-21)38-31-35-18-20(19-36-31)4-6-24-29(32)27(41-2)17-28(42-3)30(24)33/h5,7,16-19,21-22,34,37H,4,6,8-15H2,1-3H3,(H,35,36,38). The highest BCUT2D eigenvalue weighted by molar-refractivity contribution is 5.67. The van der Waals surface area contributed by atoms with Crippen molar-refractivity contribution in [2.75, 3.05) is 57.7 Å². The van der Waals surface area contributed by atoms with Gasteiger partial charge in [0, 0.05) is 61.0 Å². The molecule has 2 aliphatic rings. The summed E-state index contributed by atoms with van der Waals surface area (Å²) in [6.07, 6.45) is 8.37. The average Bonchev–Trinajstić information content (AvgIpc) is 3.03. The fraction of sp³-hybridized carbons (Fsp3) is 0.484. The number of benzene rings is 2. The zero-order chi connectivity index (χ0) is 29.5. The van der Waals surface area contributed by atoms with E-state index in [-0.39, 0.29) is 23.5 Å². The number of methoxy groups -OCH3 is 3. The van der Waals surface area contributed by atoms with Crippen LogP contribution in [-0.4, -0.2) is 69.6 Å². The molecule has 226 valence electrons. The Morgan fingerprint density at radius 1 is 0.833 bits per heavy atom. The van der Waals surface area contributed by atoms with E-state index in [2.05, 4.69) is 36.9 Å². The second-order valence-electron chi connectivity index (χ2n) is 10.8. The summed E-state index contributed by atoms with van der Waals surface area (Å²) in [7, 11) is 4.35. The van der Waals surface area contributed by atoms with Crippen molar-refractivity contribution in [2.45, 2.75) is 50.6 Å². The van der Waals surface area contributed by atoms with Crippen molar-refractivity contribution in [1.82, 2.24) is 20.6 Å². The summed E-state index contributed by atoms with van der Waals surface area (Å²) in [6.45, 7) is 4.16. The number of hydrogen-bond donors (Lipinski definition) is 3. The van der Waals surface area contributed by atoms with E-state index >= 15 is 0 Å². The molecule has 2 aliphatic heterocycles. The first kappa shape index (κ1) is 29.8. The van der Waals surface area contributed by atoms with E-state index in [1.54, 1.807) is 19.5 Å². The first-order chi connectivity index (χ1) is 20.5. The Morgan fingerprint density at radius 3 is 2.07 bits per heavy atom. The van der Waals surface area contributed by atoms with Crippen LogP contribution in [0.25, 0.3) is 0 Å². The van der Waals surface area contributed by atoms with Crippen molar-refractivity contribution in [3.05, 3.63) is 59.4 Å². The summed E-state index contributed by atoms with van der Waals surface area (Å²) < 4.78 is 45.2. The van der Waals surface area contributed by atoms with Gasteiger partial charge in [-0.3, -0.25) is 0 Å². The quantitative estimate of drug-likeness (QED) is 0.300. The minimum atomic E-state index is -0.731. The topological polar surface area (TPSA) is 92.8 Å². The molecule has 42 heavy (non-hydrogen) atoms. The van der Waals surface area contributed by atoms with Gasteiger partial charge in [0.15, 0.2) is 23.1 Å². The van der Waals surface area contributed by atoms with Gasteiger partial charge in [0.05, 0.1) is 27.0 Å². The van der Waals surface area contributed by atoms with Crippen LogP contribution in [0.1, 0.15) is 36.8 Å². The van der Waals surface area contributed by atoms with Crippen LogP contribution in [-0.2, 0) is 12.8 Å².